The highest BCUT2D eigenvalue weighted by atomic mass is 16.2. The van der Waals surface area contributed by atoms with E-state index in [2.05, 4.69) is 10.6 Å². The van der Waals surface area contributed by atoms with Crippen LogP contribution in [-0.2, 0) is 9.59 Å². The molecular formula is C14H21N3O2. The van der Waals surface area contributed by atoms with Crippen LogP contribution in [0.3, 0.4) is 0 Å². The molecule has 104 valence electrons. The Morgan fingerprint density at radius 1 is 1.26 bits per heavy atom. The molecule has 0 fully saturated rings. The Balaban J connectivity index is 2.45. The number of hydrogen-bond donors (Lipinski definition) is 3. The lowest BCUT2D eigenvalue weighted by Gasteiger charge is -2.16. The second-order valence-corrected chi connectivity index (χ2v) is 4.41. The molecule has 2 unspecified atom stereocenters. The van der Waals surface area contributed by atoms with Crippen molar-refractivity contribution >= 4 is 11.8 Å². The van der Waals surface area contributed by atoms with Gasteiger partial charge in [-0.1, -0.05) is 30.3 Å². The van der Waals surface area contributed by atoms with Gasteiger partial charge in [-0.3, -0.25) is 9.59 Å². The van der Waals surface area contributed by atoms with Gasteiger partial charge in [0.15, 0.2) is 0 Å². The van der Waals surface area contributed by atoms with E-state index in [4.69, 9.17) is 5.73 Å². The number of hydrogen-bond acceptors (Lipinski definition) is 3. The number of carbonyl (C=O) groups excluding carboxylic acids is 2. The van der Waals surface area contributed by atoms with Gasteiger partial charge in [-0.2, -0.15) is 0 Å². The highest BCUT2D eigenvalue weighted by molar-refractivity contribution is 5.87. The van der Waals surface area contributed by atoms with Crippen molar-refractivity contribution in [2.75, 3.05) is 6.54 Å². The van der Waals surface area contributed by atoms with E-state index in [1.54, 1.807) is 6.92 Å². The van der Waals surface area contributed by atoms with Gasteiger partial charge in [-0.15, -0.1) is 0 Å². The van der Waals surface area contributed by atoms with Gasteiger partial charge in [-0.25, -0.2) is 0 Å². The zero-order chi connectivity index (χ0) is 14.3. The van der Waals surface area contributed by atoms with Crippen molar-refractivity contribution in [3.63, 3.8) is 0 Å². The summed E-state index contributed by atoms with van der Waals surface area (Å²) in [5, 5.41) is 5.28. The SMILES string of the molecule is CCNC(=O)C(C)NC(=O)CC(N)c1ccccc1. The zero-order valence-corrected chi connectivity index (χ0v) is 11.3. The first-order valence-corrected chi connectivity index (χ1v) is 6.42. The molecule has 0 radical (unpaired) electrons. The van der Waals surface area contributed by atoms with Crippen molar-refractivity contribution in [3.05, 3.63) is 35.9 Å². The van der Waals surface area contributed by atoms with E-state index < -0.39 is 6.04 Å². The van der Waals surface area contributed by atoms with E-state index in [9.17, 15) is 9.59 Å². The van der Waals surface area contributed by atoms with Gasteiger partial charge < -0.3 is 16.4 Å². The Kier molecular flexibility index (Phi) is 6.02. The molecule has 1 aromatic carbocycles. The molecule has 19 heavy (non-hydrogen) atoms. The first-order chi connectivity index (χ1) is 9.04. The van der Waals surface area contributed by atoms with E-state index in [0.717, 1.165) is 5.56 Å². The largest absolute Gasteiger partial charge is 0.355 e. The highest BCUT2D eigenvalue weighted by Crippen LogP contribution is 2.12. The van der Waals surface area contributed by atoms with Crippen LogP contribution in [0.15, 0.2) is 30.3 Å². The van der Waals surface area contributed by atoms with Crippen molar-refractivity contribution in [2.24, 2.45) is 5.73 Å². The molecule has 1 aromatic rings. The Morgan fingerprint density at radius 3 is 2.47 bits per heavy atom. The average Bonchev–Trinajstić information content (AvgIpc) is 2.39. The van der Waals surface area contributed by atoms with Crippen LogP contribution in [0.2, 0.25) is 0 Å². The second kappa shape index (κ2) is 7.53. The minimum Gasteiger partial charge on any atom is -0.355 e. The quantitative estimate of drug-likeness (QED) is 0.707. The number of nitrogens with one attached hydrogen (secondary N) is 2. The third kappa shape index (κ3) is 5.09. The number of rotatable bonds is 6. The molecule has 5 nitrogen and oxygen atoms in total. The molecule has 0 bridgehead atoms. The maximum Gasteiger partial charge on any atom is 0.242 e. The summed E-state index contributed by atoms with van der Waals surface area (Å²) in [7, 11) is 0. The minimum absolute atomic E-state index is 0.160. The number of carbonyl (C=O) groups is 2. The first-order valence-electron chi connectivity index (χ1n) is 6.42. The van der Waals surface area contributed by atoms with Crippen LogP contribution in [0, 0.1) is 0 Å². The molecule has 0 saturated carbocycles. The maximum absolute atomic E-state index is 11.8. The van der Waals surface area contributed by atoms with Gasteiger partial charge in [0, 0.05) is 19.0 Å². The Bertz CT molecular complexity index is 420. The van der Waals surface area contributed by atoms with Crippen molar-refractivity contribution in [2.45, 2.75) is 32.4 Å². The second-order valence-electron chi connectivity index (χ2n) is 4.41. The summed E-state index contributed by atoms with van der Waals surface area (Å²) in [6.07, 6.45) is 0.160. The van der Waals surface area contributed by atoms with E-state index >= 15 is 0 Å². The summed E-state index contributed by atoms with van der Waals surface area (Å²) in [4.78, 5) is 23.3. The number of nitrogens with two attached hydrogens (primary N) is 1. The molecule has 0 saturated heterocycles. The molecule has 2 atom stereocenters. The fourth-order valence-electron chi connectivity index (χ4n) is 1.71. The van der Waals surface area contributed by atoms with E-state index in [1.807, 2.05) is 37.3 Å². The molecule has 0 aromatic heterocycles. The lowest BCUT2D eigenvalue weighted by molar-refractivity contribution is -0.128. The summed E-state index contributed by atoms with van der Waals surface area (Å²) in [6, 6.07) is 8.51. The summed E-state index contributed by atoms with van der Waals surface area (Å²) in [5.74, 6) is -0.417. The highest BCUT2D eigenvalue weighted by Gasteiger charge is 2.17. The van der Waals surface area contributed by atoms with E-state index in [0.29, 0.717) is 6.54 Å². The van der Waals surface area contributed by atoms with Gasteiger partial charge >= 0.3 is 0 Å². The summed E-state index contributed by atoms with van der Waals surface area (Å²) >= 11 is 0. The third-order valence-electron chi connectivity index (χ3n) is 2.75. The molecule has 5 heteroatoms. The lowest BCUT2D eigenvalue weighted by Crippen LogP contribution is -2.45. The van der Waals surface area contributed by atoms with Crippen LogP contribution in [-0.4, -0.2) is 24.4 Å². The fourth-order valence-corrected chi connectivity index (χ4v) is 1.71. The molecule has 0 heterocycles. The van der Waals surface area contributed by atoms with Crippen molar-refractivity contribution < 1.29 is 9.59 Å². The Morgan fingerprint density at radius 2 is 1.89 bits per heavy atom. The summed E-state index contributed by atoms with van der Waals surface area (Å²) in [6.45, 7) is 4.03. The monoisotopic (exact) mass is 263 g/mol. The van der Waals surface area contributed by atoms with Gasteiger partial charge in [0.25, 0.3) is 0 Å². The van der Waals surface area contributed by atoms with Gasteiger partial charge in [0.1, 0.15) is 6.04 Å². The summed E-state index contributed by atoms with van der Waals surface area (Å²) < 4.78 is 0. The van der Waals surface area contributed by atoms with Gasteiger partial charge in [0.2, 0.25) is 11.8 Å². The van der Waals surface area contributed by atoms with Crippen LogP contribution in [0.4, 0.5) is 0 Å². The molecule has 0 aliphatic heterocycles. The van der Waals surface area contributed by atoms with Crippen LogP contribution in [0.1, 0.15) is 31.9 Å². The molecule has 1 rings (SSSR count). The minimum atomic E-state index is -0.546. The predicted molar refractivity (Wildman–Crippen MR) is 74.3 cm³/mol. The Labute approximate surface area is 113 Å². The predicted octanol–water partition coefficient (Wildman–Crippen LogP) is 0.717. The Hall–Kier alpha value is -1.88. The van der Waals surface area contributed by atoms with E-state index in [-0.39, 0.29) is 24.3 Å². The molecule has 4 N–H and O–H groups in total. The standard InChI is InChI=1S/C14H21N3O2/c1-3-16-14(19)10(2)17-13(18)9-12(15)11-7-5-4-6-8-11/h4-8,10,12H,3,9,15H2,1-2H3,(H,16,19)(H,17,18). The molecule has 2 amide bonds. The van der Waals surface area contributed by atoms with Crippen molar-refractivity contribution in [1.82, 2.24) is 10.6 Å². The lowest BCUT2D eigenvalue weighted by atomic mass is 10.0. The smallest absolute Gasteiger partial charge is 0.242 e. The fraction of sp³-hybridized carbons (Fsp3) is 0.429. The van der Waals surface area contributed by atoms with Crippen LogP contribution >= 0.6 is 0 Å². The van der Waals surface area contributed by atoms with Crippen molar-refractivity contribution in [1.29, 1.82) is 0 Å². The molecule has 0 aliphatic carbocycles. The average molecular weight is 263 g/mol. The van der Waals surface area contributed by atoms with Crippen LogP contribution in [0.5, 0.6) is 0 Å². The first kappa shape index (κ1) is 15.2. The molecular weight excluding hydrogens is 242 g/mol. The van der Waals surface area contributed by atoms with E-state index in [1.165, 1.54) is 0 Å². The molecule has 0 aliphatic rings. The summed E-state index contributed by atoms with van der Waals surface area (Å²) in [5.41, 5.74) is 6.85. The van der Waals surface area contributed by atoms with Crippen LogP contribution < -0.4 is 16.4 Å². The normalized spacial score (nSPS) is 13.4. The number of amides is 2. The van der Waals surface area contributed by atoms with Crippen molar-refractivity contribution in [3.8, 4) is 0 Å². The maximum atomic E-state index is 11.8. The topological polar surface area (TPSA) is 84.2 Å². The zero-order valence-electron chi connectivity index (χ0n) is 11.3. The number of benzene rings is 1. The number of likely N-dealkylation sites (N-methyl/N-ethyl adjacent to an activating group) is 1. The van der Waals surface area contributed by atoms with Gasteiger partial charge in [-0.05, 0) is 19.4 Å². The molecule has 0 spiro atoms. The van der Waals surface area contributed by atoms with Gasteiger partial charge in [0.05, 0.1) is 0 Å². The third-order valence-corrected chi connectivity index (χ3v) is 2.75. The van der Waals surface area contributed by atoms with Crippen LogP contribution in [0.25, 0.3) is 0 Å².